The molecule has 6 heteroatoms. The number of likely N-dealkylation sites (tertiary alicyclic amines) is 1. The van der Waals surface area contributed by atoms with Crippen LogP contribution in [0.5, 0.6) is 0 Å². The third-order valence-corrected chi connectivity index (χ3v) is 10.1. The largest absolute Gasteiger partial charge is 0.300 e. The first kappa shape index (κ1) is 25.7. The normalized spacial score (nSPS) is 21.8. The Morgan fingerprint density at radius 1 is 0.974 bits per heavy atom. The molecule has 0 radical (unpaired) electrons. The van der Waals surface area contributed by atoms with Gasteiger partial charge in [-0.15, -0.1) is 0 Å². The molecule has 5 nitrogen and oxygen atoms in total. The molecule has 2 saturated carbocycles. The lowest BCUT2D eigenvalue weighted by Crippen LogP contribution is -2.50. The number of rotatable bonds is 6. The fraction of sp³-hybridized carbons (Fsp3) is 0.500. The van der Waals surface area contributed by atoms with Crippen molar-refractivity contribution in [2.45, 2.75) is 88.5 Å². The highest BCUT2D eigenvalue weighted by molar-refractivity contribution is 8.00. The van der Waals surface area contributed by atoms with E-state index in [1.54, 1.807) is 6.07 Å². The summed E-state index contributed by atoms with van der Waals surface area (Å²) in [7, 11) is 0. The van der Waals surface area contributed by atoms with Crippen molar-refractivity contribution in [3.63, 3.8) is 0 Å². The van der Waals surface area contributed by atoms with Crippen molar-refractivity contribution >= 4 is 17.9 Å². The summed E-state index contributed by atoms with van der Waals surface area (Å²) >= 11 is 1.51. The standard InChI is InChI=1S/C32H40N4OS/c1-22-8-5-9-23(2)30(22)28-19-29(37)34-31(33-28)35-38-27-12-6-10-25(18-27)24-11-7-16-36(17-13-24)26-20-32(21-26)14-3-4-15-32/h5-6,8-10,12,18-19,24,26H,3-4,7,11,13-17,20-21H2,1-2H3,(H2,33,34,35,37). The van der Waals surface area contributed by atoms with Crippen LogP contribution in [-0.4, -0.2) is 34.0 Å². The third-order valence-electron chi connectivity index (χ3n) is 9.35. The minimum atomic E-state index is -0.150. The van der Waals surface area contributed by atoms with Gasteiger partial charge in [0.25, 0.3) is 5.56 Å². The van der Waals surface area contributed by atoms with Gasteiger partial charge in [-0.25, -0.2) is 4.98 Å². The lowest BCUT2D eigenvalue weighted by Gasteiger charge is -2.50. The first-order valence-corrected chi connectivity index (χ1v) is 15.2. The summed E-state index contributed by atoms with van der Waals surface area (Å²) in [5, 5.41) is 0. The van der Waals surface area contributed by atoms with Gasteiger partial charge in [-0.2, -0.15) is 0 Å². The van der Waals surface area contributed by atoms with Gasteiger partial charge in [0.05, 0.1) is 5.69 Å². The summed E-state index contributed by atoms with van der Waals surface area (Å²) in [4.78, 5) is 24.0. The van der Waals surface area contributed by atoms with E-state index in [2.05, 4.69) is 64.9 Å². The summed E-state index contributed by atoms with van der Waals surface area (Å²) in [5.74, 6) is 1.10. The van der Waals surface area contributed by atoms with E-state index in [0.29, 0.717) is 17.6 Å². The van der Waals surface area contributed by atoms with Gasteiger partial charge < -0.3 is 4.90 Å². The maximum atomic E-state index is 12.4. The van der Waals surface area contributed by atoms with Crippen molar-refractivity contribution in [1.29, 1.82) is 0 Å². The number of anilines is 1. The summed E-state index contributed by atoms with van der Waals surface area (Å²) in [6, 6.07) is 17.5. The Morgan fingerprint density at radius 2 is 1.74 bits per heavy atom. The highest BCUT2D eigenvalue weighted by atomic mass is 32.2. The average molecular weight is 529 g/mol. The quantitative estimate of drug-likeness (QED) is 0.325. The molecule has 1 aromatic heterocycles. The number of nitrogens with one attached hydrogen (secondary N) is 2. The summed E-state index contributed by atoms with van der Waals surface area (Å²) < 4.78 is 3.30. The Morgan fingerprint density at radius 3 is 2.53 bits per heavy atom. The van der Waals surface area contributed by atoms with Gasteiger partial charge in [-0.3, -0.25) is 14.5 Å². The van der Waals surface area contributed by atoms with Crippen LogP contribution in [0, 0.1) is 19.3 Å². The van der Waals surface area contributed by atoms with Gasteiger partial charge in [0.2, 0.25) is 5.95 Å². The molecule has 6 rings (SSSR count). The summed E-state index contributed by atoms with van der Waals surface area (Å²) in [6.45, 7) is 6.62. The monoisotopic (exact) mass is 528 g/mol. The molecule has 1 atom stereocenters. The van der Waals surface area contributed by atoms with Crippen molar-refractivity contribution in [1.82, 2.24) is 14.9 Å². The lowest BCUT2D eigenvalue weighted by atomic mass is 9.64. The van der Waals surface area contributed by atoms with Gasteiger partial charge in [-0.1, -0.05) is 43.2 Å². The van der Waals surface area contributed by atoms with Gasteiger partial charge in [0.15, 0.2) is 0 Å². The minimum Gasteiger partial charge on any atom is -0.300 e. The Labute approximate surface area is 231 Å². The van der Waals surface area contributed by atoms with E-state index in [0.717, 1.165) is 33.0 Å². The second-order valence-corrected chi connectivity index (χ2v) is 12.8. The number of aromatic amines is 1. The van der Waals surface area contributed by atoms with Crippen molar-refractivity contribution in [3.8, 4) is 11.3 Å². The fourth-order valence-electron chi connectivity index (χ4n) is 7.34. The number of nitrogens with zero attached hydrogens (tertiary/aromatic N) is 2. The zero-order valence-electron chi connectivity index (χ0n) is 22.8. The second-order valence-electron chi connectivity index (χ2n) is 12.0. The first-order chi connectivity index (χ1) is 18.5. The molecule has 1 saturated heterocycles. The Kier molecular flexibility index (Phi) is 7.37. The van der Waals surface area contributed by atoms with Crippen LogP contribution in [0.1, 0.15) is 80.4 Å². The molecule has 2 aliphatic carbocycles. The molecular formula is C32H40N4OS. The van der Waals surface area contributed by atoms with E-state index >= 15 is 0 Å². The predicted molar refractivity (Wildman–Crippen MR) is 158 cm³/mol. The molecule has 3 aromatic rings. The van der Waals surface area contributed by atoms with Crippen molar-refractivity contribution in [3.05, 3.63) is 75.6 Å². The fourth-order valence-corrected chi connectivity index (χ4v) is 7.99. The van der Waals surface area contributed by atoms with Gasteiger partial charge in [0.1, 0.15) is 0 Å². The highest BCUT2D eigenvalue weighted by Crippen LogP contribution is 2.55. The van der Waals surface area contributed by atoms with Gasteiger partial charge >= 0.3 is 0 Å². The van der Waals surface area contributed by atoms with Crippen molar-refractivity contribution in [2.24, 2.45) is 5.41 Å². The van der Waals surface area contributed by atoms with Crippen LogP contribution in [0.25, 0.3) is 11.3 Å². The molecule has 2 N–H and O–H groups in total. The van der Waals surface area contributed by atoms with Crippen LogP contribution in [0.2, 0.25) is 0 Å². The number of aryl methyl sites for hydroxylation is 2. The van der Waals surface area contributed by atoms with Crippen LogP contribution < -0.4 is 10.3 Å². The maximum Gasteiger partial charge on any atom is 0.252 e. The Hall–Kier alpha value is -2.57. The van der Waals surface area contributed by atoms with Crippen LogP contribution in [0.15, 0.2) is 58.2 Å². The molecule has 200 valence electrons. The van der Waals surface area contributed by atoms with Crippen LogP contribution >= 0.6 is 11.9 Å². The molecule has 1 unspecified atom stereocenters. The zero-order chi connectivity index (χ0) is 26.1. The number of hydrogen-bond donors (Lipinski definition) is 2. The molecular weight excluding hydrogens is 488 g/mol. The number of benzene rings is 2. The minimum absolute atomic E-state index is 0.150. The molecule has 2 aromatic carbocycles. The molecule has 0 amide bonds. The van der Waals surface area contributed by atoms with E-state index in [-0.39, 0.29) is 5.56 Å². The zero-order valence-corrected chi connectivity index (χ0v) is 23.6. The topological polar surface area (TPSA) is 61.0 Å². The molecule has 3 aliphatic rings. The molecule has 1 spiro atoms. The van der Waals surface area contributed by atoms with Crippen LogP contribution in [0.3, 0.4) is 0 Å². The molecule has 2 heterocycles. The molecule has 0 bridgehead atoms. The van der Waals surface area contributed by atoms with Gasteiger partial charge in [-0.05, 0) is 124 Å². The Bertz CT molecular complexity index is 1320. The van der Waals surface area contributed by atoms with Crippen LogP contribution in [-0.2, 0) is 0 Å². The van der Waals surface area contributed by atoms with Crippen molar-refractivity contribution < 1.29 is 0 Å². The van der Waals surface area contributed by atoms with Crippen LogP contribution in [0.4, 0.5) is 5.95 Å². The van der Waals surface area contributed by atoms with Gasteiger partial charge in [0, 0.05) is 22.6 Å². The third kappa shape index (κ3) is 5.43. The molecule has 38 heavy (non-hydrogen) atoms. The van der Waals surface area contributed by atoms with E-state index in [1.165, 1.54) is 88.4 Å². The lowest BCUT2D eigenvalue weighted by molar-refractivity contribution is 0.00642. The second kappa shape index (κ2) is 10.9. The first-order valence-electron chi connectivity index (χ1n) is 14.4. The highest BCUT2D eigenvalue weighted by Gasteiger charge is 2.47. The summed E-state index contributed by atoms with van der Waals surface area (Å²) in [5.41, 5.74) is 5.98. The maximum absolute atomic E-state index is 12.4. The Balaban J connectivity index is 1.09. The average Bonchev–Trinajstić information content (AvgIpc) is 3.25. The number of H-pyrrole nitrogens is 1. The number of aromatic nitrogens is 2. The van der Waals surface area contributed by atoms with E-state index in [4.69, 9.17) is 4.98 Å². The van der Waals surface area contributed by atoms with Crippen molar-refractivity contribution in [2.75, 3.05) is 17.8 Å². The predicted octanol–water partition coefficient (Wildman–Crippen LogP) is 7.47. The van der Waals surface area contributed by atoms with E-state index < -0.39 is 0 Å². The molecule has 1 aliphatic heterocycles. The SMILES string of the molecule is Cc1cccc(C)c1-c1cc(=O)[nH]c(NSc2cccc(C3CCCN(C4CC5(CCCC5)C4)CC3)c2)n1. The van der Waals surface area contributed by atoms with E-state index in [9.17, 15) is 4.79 Å². The molecule has 3 fully saturated rings. The smallest absolute Gasteiger partial charge is 0.252 e. The summed E-state index contributed by atoms with van der Waals surface area (Å²) in [6.07, 6.45) is 12.6. The van der Waals surface area contributed by atoms with E-state index in [1.807, 2.05) is 6.07 Å². The number of hydrogen-bond acceptors (Lipinski definition) is 5.